The van der Waals surface area contributed by atoms with Crippen molar-refractivity contribution in [1.29, 1.82) is 0 Å². The SMILES string of the molecule is CC(C)CCCC1CCC(C(=O)O)N1. The fraction of sp³-hybridized carbons (Fsp3) is 0.909. The predicted molar refractivity (Wildman–Crippen MR) is 56.3 cm³/mol. The molecule has 82 valence electrons. The normalized spacial score (nSPS) is 27.1. The van der Waals surface area contributed by atoms with Crippen LogP contribution in [0, 0.1) is 5.92 Å². The summed E-state index contributed by atoms with van der Waals surface area (Å²) in [4.78, 5) is 10.7. The molecule has 2 atom stereocenters. The molecule has 1 aliphatic rings. The Morgan fingerprint density at radius 2 is 2.21 bits per heavy atom. The van der Waals surface area contributed by atoms with Crippen molar-refractivity contribution in [2.45, 2.75) is 58.0 Å². The molecule has 2 N–H and O–H groups in total. The first-order valence-electron chi connectivity index (χ1n) is 5.58. The van der Waals surface area contributed by atoms with Gasteiger partial charge in [-0.15, -0.1) is 0 Å². The Morgan fingerprint density at radius 3 is 2.71 bits per heavy atom. The van der Waals surface area contributed by atoms with E-state index in [4.69, 9.17) is 5.11 Å². The monoisotopic (exact) mass is 199 g/mol. The quantitative estimate of drug-likeness (QED) is 0.712. The van der Waals surface area contributed by atoms with Crippen molar-refractivity contribution >= 4 is 5.97 Å². The smallest absolute Gasteiger partial charge is 0.320 e. The number of hydrogen-bond acceptors (Lipinski definition) is 2. The Kier molecular flexibility index (Phi) is 4.39. The summed E-state index contributed by atoms with van der Waals surface area (Å²) in [5.74, 6) is 0.0584. The molecule has 0 aromatic heterocycles. The van der Waals surface area contributed by atoms with Crippen LogP contribution in [-0.2, 0) is 4.79 Å². The molecule has 0 radical (unpaired) electrons. The van der Waals surface area contributed by atoms with Crippen LogP contribution < -0.4 is 5.32 Å². The van der Waals surface area contributed by atoms with Gasteiger partial charge in [-0.05, 0) is 25.2 Å². The molecule has 1 saturated heterocycles. The first-order valence-corrected chi connectivity index (χ1v) is 5.58. The Bertz CT molecular complexity index is 192. The summed E-state index contributed by atoms with van der Waals surface area (Å²) < 4.78 is 0. The molecule has 0 bridgehead atoms. The summed E-state index contributed by atoms with van der Waals surface area (Å²) in [5.41, 5.74) is 0. The lowest BCUT2D eigenvalue weighted by Crippen LogP contribution is -2.35. The Morgan fingerprint density at radius 1 is 1.50 bits per heavy atom. The molecule has 0 aromatic rings. The van der Waals surface area contributed by atoms with E-state index in [-0.39, 0.29) is 6.04 Å². The van der Waals surface area contributed by atoms with Crippen LogP contribution >= 0.6 is 0 Å². The highest BCUT2D eigenvalue weighted by molar-refractivity contribution is 5.73. The maximum atomic E-state index is 10.7. The van der Waals surface area contributed by atoms with Gasteiger partial charge < -0.3 is 10.4 Å². The zero-order valence-electron chi connectivity index (χ0n) is 9.12. The van der Waals surface area contributed by atoms with Gasteiger partial charge >= 0.3 is 5.97 Å². The third-order valence-corrected chi connectivity index (χ3v) is 2.87. The van der Waals surface area contributed by atoms with Crippen LogP contribution in [0.15, 0.2) is 0 Å². The molecule has 3 nitrogen and oxygen atoms in total. The molecule has 3 heteroatoms. The van der Waals surface area contributed by atoms with Gasteiger partial charge in [0, 0.05) is 6.04 Å². The molecule has 2 unspecified atom stereocenters. The van der Waals surface area contributed by atoms with Gasteiger partial charge in [0.2, 0.25) is 0 Å². The van der Waals surface area contributed by atoms with Crippen molar-refractivity contribution < 1.29 is 9.90 Å². The fourth-order valence-corrected chi connectivity index (χ4v) is 2.01. The van der Waals surface area contributed by atoms with Gasteiger partial charge in [-0.25, -0.2) is 0 Å². The number of hydrogen-bond donors (Lipinski definition) is 2. The lowest BCUT2D eigenvalue weighted by molar-refractivity contribution is -0.139. The van der Waals surface area contributed by atoms with E-state index in [1.807, 2.05) is 0 Å². The topological polar surface area (TPSA) is 49.3 Å². The van der Waals surface area contributed by atoms with E-state index in [1.54, 1.807) is 0 Å². The molecule has 14 heavy (non-hydrogen) atoms. The van der Waals surface area contributed by atoms with E-state index in [9.17, 15) is 4.79 Å². The van der Waals surface area contributed by atoms with Crippen LogP contribution in [0.4, 0.5) is 0 Å². The van der Waals surface area contributed by atoms with Gasteiger partial charge in [0.25, 0.3) is 0 Å². The summed E-state index contributed by atoms with van der Waals surface area (Å²) in [7, 11) is 0. The maximum Gasteiger partial charge on any atom is 0.320 e. The molecule has 1 aliphatic heterocycles. The van der Waals surface area contributed by atoms with E-state index < -0.39 is 5.97 Å². The summed E-state index contributed by atoms with van der Waals surface area (Å²) in [6.07, 6.45) is 5.40. The van der Waals surface area contributed by atoms with Crippen LogP contribution in [0.5, 0.6) is 0 Å². The Hall–Kier alpha value is -0.570. The number of carboxylic acid groups (broad SMARTS) is 1. The second-order valence-electron chi connectivity index (χ2n) is 4.66. The Balaban J connectivity index is 2.13. The van der Waals surface area contributed by atoms with Crippen molar-refractivity contribution in [1.82, 2.24) is 5.32 Å². The fourth-order valence-electron chi connectivity index (χ4n) is 2.01. The summed E-state index contributed by atoms with van der Waals surface area (Å²) in [6, 6.07) is 0.147. The zero-order valence-corrected chi connectivity index (χ0v) is 9.12. The van der Waals surface area contributed by atoms with Crippen LogP contribution in [0.1, 0.15) is 46.0 Å². The molecule has 0 spiro atoms. The van der Waals surface area contributed by atoms with Gasteiger partial charge in [0.15, 0.2) is 0 Å². The predicted octanol–water partition coefficient (Wildman–Crippen LogP) is 2.02. The number of nitrogens with one attached hydrogen (secondary N) is 1. The number of aliphatic carboxylic acids is 1. The second-order valence-corrected chi connectivity index (χ2v) is 4.66. The minimum Gasteiger partial charge on any atom is -0.480 e. The minimum atomic E-state index is -0.698. The number of rotatable bonds is 5. The lowest BCUT2D eigenvalue weighted by atomic mass is 10.0. The molecule has 1 rings (SSSR count). The average molecular weight is 199 g/mol. The van der Waals surface area contributed by atoms with E-state index in [2.05, 4.69) is 19.2 Å². The number of carboxylic acids is 1. The van der Waals surface area contributed by atoms with E-state index >= 15 is 0 Å². The van der Waals surface area contributed by atoms with Crippen molar-refractivity contribution in [2.75, 3.05) is 0 Å². The number of carbonyl (C=O) groups is 1. The van der Waals surface area contributed by atoms with E-state index in [1.165, 1.54) is 12.8 Å². The molecule has 1 fully saturated rings. The van der Waals surface area contributed by atoms with Crippen molar-refractivity contribution in [3.05, 3.63) is 0 Å². The molecular weight excluding hydrogens is 178 g/mol. The highest BCUT2D eigenvalue weighted by atomic mass is 16.4. The van der Waals surface area contributed by atoms with Crippen LogP contribution in [0.2, 0.25) is 0 Å². The van der Waals surface area contributed by atoms with Crippen molar-refractivity contribution in [3.8, 4) is 0 Å². The molecule has 0 aromatic carbocycles. The van der Waals surface area contributed by atoms with Crippen LogP contribution in [0.3, 0.4) is 0 Å². The van der Waals surface area contributed by atoms with Crippen LogP contribution in [-0.4, -0.2) is 23.2 Å². The standard InChI is InChI=1S/C11H21NO2/c1-8(2)4-3-5-9-6-7-10(12-9)11(13)14/h8-10,12H,3-7H2,1-2H3,(H,13,14). The first-order chi connectivity index (χ1) is 6.59. The molecular formula is C11H21NO2. The molecule has 0 aliphatic carbocycles. The van der Waals surface area contributed by atoms with Gasteiger partial charge in [-0.2, -0.15) is 0 Å². The van der Waals surface area contributed by atoms with Gasteiger partial charge in [-0.1, -0.05) is 26.7 Å². The third kappa shape index (κ3) is 3.66. The summed E-state index contributed by atoms with van der Waals surface area (Å²) >= 11 is 0. The highest BCUT2D eigenvalue weighted by Gasteiger charge is 2.27. The third-order valence-electron chi connectivity index (χ3n) is 2.87. The Labute approximate surface area is 85.9 Å². The van der Waals surface area contributed by atoms with E-state index in [0.29, 0.717) is 6.04 Å². The van der Waals surface area contributed by atoms with Crippen molar-refractivity contribution in [3.63, 3.8) is 0 Å². The average Bonchev–Trinajstić information content (AvgIpc) is 2.52. The van der Waals surface area contributed by atoms with Gasteiger partial charge in [0.1, 0.15) is 6.04 Å². The zero-order chi connectivity index (χ0) is 10.6. The van der Waals surface area contributed by atoms with Crippen LogP contribution in [0.25, 0.3) is 0 Å². The van der Waals surface area contributed by atoms with E-state index in [0.717, 1.165) is 25.2 Å². The summed E-state index contributed by atoms with van der Waals surface area (Å²) in [5, 5.41) is 11.9. The molecule has 0 saturated carbocycles. The maximum absolute atomic E-state index is 10.7. The molecule has 1 heterocycles. The van der Waals surface area contributed by atoms with Gasteiger partial charge in [-0.3, -0.25) is 4.79 Å². The lowest BCUT2D eigenvalue weighted by Gasteiger charge is -2.12. The first kappa shape index (κ1) is 11.5. The van der Waals surface area contributed by atoms with Crippen molar-refractivity contribution in [2.24, 2.45) is 5.92 Å². The molecule has 0 amide bonds. The minimum absolute atomic E-state index is 0.293. The summed E-state index contributed by atoms with van der Waals surface area (Å²) in [6.45, 7) is 4.45. The van der Waals surface area contributed by atoms with Gasteiger partial charge in [0.05, 0.1) is 0 Å². The highest BCUT2D eigenvalue weighted by Crippen LogP contribution is 2.18. The second kappa shape index (κ2) is 5.35. The largest absolute Gasteiger partial charge is 0.480 e.